The van der Waals surface area contributed by atoms with Gasteiger partial charge in [-0.1, -0.05) is 24.0 Å². The second-order valence-electron chi connectivity index (χ2n) is 11.0. The van der Waals surface area contributed by atoms with E-state index < -0.39 is 11.9 Å². The number of aromatic carboxylic acids is 2. The molecule has 0 unspecified atom stereocenters. The maximum Gasteiger partial charge on any atom is 0.336 e. The zero-order chi connectivity index (χ0) is 25.6. The van der Waals surface area contributed by atoms with Crippen LogP contribution in [-0.4, -0.2) is 22.2 Å². The van der Waals surface area contributed by atoms with Gasteiger partial charge in [-0.15, -0.1) is 0 Å². The lowest BCUT2D eigenvalue weighted by molar-refractivity contribution is -0.00520. The Balaban J connectivity index is 1.14. The van der Waals surface area contributed by atoms with E-state index in [0.29, 0.717) is 16.7 Å². The van der Waals surface area contributed by atoms with E-state index in [1.807, 2.05) is 24.3 Å². The van der Waals surface area contributed by atoms with Crippen molar-refractivity contribution in [2.75, 3.05) is 0 Å². The number of carbonyl (C=O) groups is 2. The molecule has 0 spiro atoms. The molecule has 0 saturated heterocycles. The van der Waals surface area contributed by atoms with Gasteiger partial charge < -0.3 is 14.9 Å². The van der Waals surface area contributed by atoms with Crippen molar-refractivity contribution in [3.05, 3.63) is 94.5 Å². The second kappa shape index (κ2) is 9.12. The molecular formula is C32H28O5. The van der Waals surface area contributed by atoms with Crippen LogP contribution in [0.1, 0.15) is 75.9 Å². The highest BCUT2D eigenvalue weighted by molar-refractivity contribution is 5.95. The van der Waals surface area contributed by atoms with Crippen molar-refractivity contribution in [1.82, 2.24) is 0 Å². The molecule has 4 aliphatic rings. The van der Waals surface area contributed by atoms with Gasteiger partial charge in [0.05, 0.1) is 11.1 Å². The van der Waals surface area contributed by atoms with Crippen LogP contribution >= 0.6 is 0 Å². The summed E-state index contributed by atoms with van der Waals surface area (Å²) in [7, 11) is 0. The standard InChI is InChI=1S/C32H28O5/c33-30(34)25-6-5-24(29(16-25)31(35)36)4-1-20-2-9-27(10-3-20)37-28-11-7-26(8-12-28)32-17-21-13-22(18-32)15-23(14-21)19-32/h2-3,5-12,16,21-23H,13-15,17-19H2,(H,33,34)(H,35,36). The monoisotopic (exact) mass is 492 g/mol. The molecule has 4 fully saturated rings. The van der Waals surface area contributed by atoms with Crippen molar-refractivity contribution in [3.63, 3.8) is 0 Å². The van der Waals surface area contributed by atoms with Gasteiger partial charge in [0.15, 0.2) is 0 Å². The summed E-state index contributed by atoms with van der Waals surface area (Å²) in [5, 5.41) is 18.5. The Hall–Kier alpha value is -4.04. The fraction of sp³-hybridized carbons (Fsp3) is 0.312. The lowest BCUT2D eigenvalue weighted by atomic mass is 9.48. The molecule has 3 aromatic carbocycles. The Morgan fingerprint density at radius 1 is 0.730 bits per heavy atom. The average Bonchev–Trinajstić information content (AvgIpc) is 2.87. The predicted octanol–water partition coefficient (Wildman–Crippen LogP) is 6.74. The number of ether oxygens (including phenoxy) is 1. The molecule has 4 aliphatic carbocycles. The molecule has 0 aromatic heterocycles. The maximum absolute atomic E-state index is 11.5. The number of carboxylic acids is 2. The smallest absolute Gasteiger partial charge is 0.336 e. The largest absolute Gasteiger partial charge is 0.478 e. The van der Waals surface area contributed by atoms with Gasteiger partial charge in [-0.05, 0) is 122 Å². The summed E-state index contributed by atoms with van der Waals surface area (Å²) < 4.78 is 6.07. The second-order valence-corrected chi connectivity index (χ2v) is 11.0. The van der Waals surface area contributed by atoms with E-state index in [9.17, 15) is 14.7 Å². The molecule has 3 aromatic rings. The Labute approximate surface area is 216 Å². The van der Waals surface area contributed by atoms with Crippen molar-refractivity contribution in [2.45, 2.75) is 43.9 Å². The van der Waals surface area contributed by atoms with E-state index in [2.05, 4.69) is 36.1 Å². The summed E-state index contributed by atoms with van der Waals surface area (Å²) in [6.45, 7) is 0. The molecule has 4 saturated carbocycles. The molecule has 0 amide bonds. The van der Waals surface area contributed by atoms with Crippen molar-refractivity contribution in [3.8, 4) is 23.3 Å². The predicted molar refractivity (Wildman–Crippen MR) is 139 cm³/mol. The highest BCUT2D eigenvalue weighted by Crippen LogP contribution is 2.60. The summed E-state index contributed by atoms with van der Waals surface area (Å²) >= 11 is 0. The van der Waals surface area contributed by atoms with Crippen molar-refractivity contribution < 1.29 is 24.5 Å². The van der Waals surface area contributed by atoms with Gasteiger partial charge in [0.1, 0.15) is 11.5 Å². The van der Waals surface area contributed by atoms with Crippen LogP contribution in [0.4, 0.5) is 0 Å². The van der Waals surface area contributed by atoms with Crippen LogP contribution < -0.4 is 4.74 Å². The number of hydrogen-bond acceptors (Lipinski definition) is 3. The van der Waals surface area contributed by atoms with Crippen LogP contribution in [0.25, 0.3) is 0 Å². The number of carboxylic acid groups (broad SMARTS) is 2. The van der Waals surface area contributed by atoms with Crippen LogP contribution in [-0.2, 0) is 5.41 Å². The fourth-order valence-electron chi connectivity index (χ4n) is 7.19. The number of benzene rings is 3. The first kappa shape index (κ1) is 23.4. The van der Waals surface area contributed by atoms with Crippen LogP contribution in [0.3, 0.4) is 0 Å². The van der Waals surface area contributed by atoms with E-state index in [1.54, 1.807) is 0 Å². The normalized spacial score (nSPS) is 25.2. The first-order valence-electron chi connectivity index (χ1n) is 12.9. The lowest BCUT2D eigenvalue weighted by Crippen LogP contribution is -2.48. The van der Waals surface area contributed by atoms with Crippen LogP contribution in [0.15, 0.2) is 66.7 Å². The molecule has 0 heterocycles. The van der Waals surface area contributed by atoms with E-state index in [4.69, 9.17) is 9.84 Å². The summed E-state index contributed by atoms with van der Waals surface area (Å²) in [6, 6.07) is 19.9. The van der Waals surface area contributed by atoms with Crippen molar-refractivity contribution >= 4 is 11.9 Å². The zero-order valence-electron chi connectivity index (χ0n) is 20.4. The van der Waals surface area contributed by atoms with Crippen LogP contribution in [0.2, 0.25) is 0 Å². The zero-order valence-corrected chi connectivity index (χ0v) is 20.4. The highest BCUT2D eigenvalue weighted by Gasteiger charge is 2.51. The van der Waals surface area contributed by atoms with Crippen LogP contribution in [0.5, 0.6) is 11.5 Å². The molecule has 4 bridgehead atoms. The third-order valence-electron chi connectivity index (χ3n) is 8.43. The SMILES string of the molecule is O=C(O)c1ccc(C#Cc2ccc(Oc3ccc(C45CC6CC(CC(C6)C4)C5)cc3)cc2)c(C(=O)O)c1. The van der Waals surface area contributed by atoms with Gasteiger partial charge in [0.25, 0.3) is 0 Å². The van der Waals surface area contributed by atoms with E-state index >= 15 is 0 Å². The third kappa shape index (κ3) is 4.60. The average molecular weight is 493 g/mol. The maximum atomic E-state index is 11.5. The molecule has 186 valence electrons. The fourth-order valence-corrected chi connectivity index (χ4v) is 7.19. The minimum atomic E-state index is -1.22. The minimum absolute atomic E-state index is 0.0876. The molecule has 2 N–H and O–H groups in total. The Morgan fingerprint density at radius 2 is 1.30 bits per heavy atom. The number of rotatable bonds is 5. The molecular weight excluding hydrogens is 464 g/mol. The van der Waals surface area contributed by atoms with Crippen molar-refractivity contribution in [2.24, 2.45) is 17.8 Å². The first-order chi connectivity index (χ1) is 17.9. The third-order valence-corrected chi connectivity index (χ3v) is 8.43. The highest BCUT2D eigenvalue weighted by atomic mass is 16.5. The van der Waals surface area contributed by atoms with Gasteiger partial charge in [-0.25, -0.2) is 9.59 Å². The Kier molecular flexibility index (Phi) is 5.76. The first-order valence-corrected chi connectivity index (χ1v) is 12.9. The molecule has 0 aliphatic heterocycles. The quantitative estimate of drug-likeness (QED) is 0.385. The molecule has 0 atom stereocenters. The summed E-state index contributed by atoms with van der Waals surface area (Å²) in [5.41, 5.74) is 2.59. The van der Waals surface area contributed by atoms with Gasteiger partial charge >= 0.3 is 11.9 Å². The van der Waals surface area contributed by atoms with Gasteiger partial charge in [-0.2, -0.15) is 0 Å². The Bertz CT molecular complexity index is 1390. The van der Waals surface area contributed by atoms with E-state index in [1.165, 1.54) is 56.2 Å². The Morgan fingerprint density at radius 3 is 1.84 bits per heavy atom. The lowest BCUT2D eigenvalue weighted by Gasteiger charge is -2.57. The van der Waals surface area contributed by atoms with E-state index in [0.717, 1.165) is 29.6 Å². The number of hydrogen-bond donors (Lipinski definition) is 2. The summed E-state index contributed by atoms with van der Waals surface area (Å²) in [6.07, 6.45) is 8.37. The van der Waals surface area contributed by atoms with E-state index in [-0.39, 0.29) is 16.7 Å². The molecule has 5 nitrogen and oxygen atoms in total. The molecule has 5 heteroatoms. The molecule has 7 rings (SSSR count). The minimum Gasteiger partial charge on any atom is -0.478 e. The van der Waals surface area contributed by atoms with Gasteiger partial charge in [0.2, 0.25) is 0 Å². The van der Waals surface area contributed by atoms with Crippen molar-refractivity contribution in [1.29, 1.82) is 0 Å². The van der Waals surface area contributed by atoms with Gasteiger partial charge in [-0.3, -0.25) is 0 Å². The molecule has 37 heavy (non-hydrogen) atoms. The van der Waals surface area contributed by atoms with Gasteiger partial charge in [0, 0.05) is 11.1 Å². The topological polar surface area (TPSA) is 83.8 Å². The van der Waals surface area contributed by atoms with Crippen LogP contribution in [0, 0.1) is 29.6 Å². The summed E-state index contributed by atoms with van der Waals surface area (Å²) in [4.78, 5) is 22.7. The molecule has 0 radical (unpaired) electrons. The summed E-state index contributed by atoms with van der Waals surface area (Å²) in [5.74, 6) is 7.66.